The molecule has 0 spiro atoms. The van der Waals surface area contributed by atoms with E-state index in [1.807, 2.05) is 6.08 Å². The van der Waals surface area contributed by atoms with Crippen molar-refractivity contribution >= 4 is 17.8 Å². The number of carbonyl (C=O) groups excluding carboxylic acids is 3. The number of aromatic nitrogens is 2. The molecule has 3 aliphatic rings. The van der Waals surface area contributed by atoms with Gasteiger partial charge in [0.1, 0.15) is 11.6 Å². The van der Waals surface area contributed by atoms with E-state index in [4.69, 9.17) is 18.9 Å². The quantitative estimate of drug-likeness (QED) is 0.445. The summed E-state index contributed by atoms with van der Waals surface area (Å²) in [5, 5.41) is 2.98. The maximum Gasteiger partial charge on any atom is 0.332 e. The van der Waals surface area contributed by atoms with Crippen molar-refractivity contribution in [2.45, 2.75) is 57.1 Å². The molecule has 0 radical (unpaired) electrons. The number of nitrogens with zero attached hydrogens (tertiary/aromatic N) is 3. The van der Waals surface area contributed by atoms with E-state index in [1.54, 1.807) is 18.9 Å². The van der Waals surface area contributed by atoms with Gasteiger partial charge >= 0.3 is 12.0 Å². The van der Waals surface area contributed by atoms with Gasteiger partial charge in [0, 0.05) is 19.5 Å². The van der Waals surface area contributed by atoms with E-state index in [0.717, 1.165) is 19.3 Å². The minimum absolute atomic E-state index is 0.0868. The maximum absolute atomic E-state index is 13.6. The smallest absolute Gasteiger partial charge is 0.332 e. The average Bonchev–Trinajstić information content (AvgIpc) is 3.42. The third-order valence-electron chi connectivity index (χ3n) is 7.37. The first-order chi connectivity index (χ1) is 17.8. The highest BCUT2D eigenvalue weighted by Gasteiger charge is 2.62. The highest BCUT2D eigenvalue weighted by molar-refractivity contribution is 5.95. The molecule has 1 N–H and O–H groups in total. The highest BCUT2D eigenvalue weighted by Crippen LogP contribution is 2.47. The van der Waals surface area contributed by atoms with Crippen LogP contribution in [0.1, 0.15) is 45.4 Å². The van der Waals surface area contributed by atoms with Gasteiger partial charge in [-0.05, 0) is 45.4 Å². The first-order valence-corrected chi connectivity index (χ1v) is 12.9. The second kappa shape index (κ2) is 11.4. The Bertz CT molecular complexity index is 1030. The fourth-order valence-corrected chi connectivity index (χ4v) is 5.25. The molecule has 37 heavy (non-hydrogen) atoms. The Labute approximate surface area is 216 Å². The summed E-state index contributed by atoms with van der Waals surface area (Å²) < 4.78 is 21.7. The van der Waals surface area contributed by atoms with Crippen molar-refractivity contribution in [2.24, 2.45) is 17.8 Å². The first-order valence-electron chi connectivity index (χ1n) is 12.9. The number of carbonyl (C=O) groups is 3. The van der Waals surface area contributed by atoms with E-state index in [2.05, 4.69) is 21.4 Å². The highest BCUT2D eigenvalue weighted by atomic mass is 16.5. The molecule has 2 aliphatic carbocycles. The molecular formula is C26H36N4O7. The molecule has 2 saturated carbocycles. The third-order valence-corrected chi connectivity index (χ3v) is 7.37. The van der Waals surface area contributed by atoms with Crippen molar-refractivity contribution in [3.05, 3.63) is 18.2 Å². The summed E-state index contributed by atoms with van der Waals surface area (Å²) in [6.07, 6.45) is 7.35. The molecule has 11 nitrogen and oxygen atoms in total. The van der Waals surface area contributed by atoms with E-state index in [9.17, 15) is 14.4 Å². The number of esters is 1. The van der Waals surface area contributed by atoms with Crippen LogP contribution >= 0.6 is 0 Å². The lowest BCUT2D eigenvalue weighted by molar-refractivity contribution is -0.150. The van der Waals surface area contributed by atoms with Crippen molar-refractivity contribution < 1.29 is 33.3 Å². The summed E-state index contributed by atoms with van der Waals surface area (Å²) in [4.78, 5) is 50.0. The SMILES string of the molecule is CCOC(=O)[C@@]12C[C@@H]1/C=C\CCCCN(C)C(=O)[C@@H]1C[C@H](Oc3cc(OC)nc(OC)n3)C[C@H]1C(=O)N2. The molecule has 0 bridgehead atoms. The molecule has 1 aliphatic heterocycles. The van der Waals surface area contributed by atoms with Crippen LogP contribution in [0.4, 0.5) is 0 Å². The van der Waals surface area contributed by atoms with Crippen LogP contribution in [0.2, 0.25) is 0 Å². The molecule has 4 rings (SSSR count). The van der Waals surface area contributed by atoms with Crippen LogP contribution < -0.4 is 19.5 Å². The standard InChI is InChI=1S/C26H36N4O7/c1-5-36-24(33)26-15-16(26)10-8-6-7-9-11-30(2)23(32)19-13-17(12-18(19)22(31)29-26)37-21-14-20(34-3)27-25(28-21)35-4/h8,10,14,16-19H,5-7,9,11-13,15H2,1-4H3,(H,29,31)/b10-8-/t16-,17+,18+,19+,26+/m0/s1. The lowest BCUT2D eigenvalue weighted by Crippen LogP contribution is -2.50. The van der Waals surface area contributed by atoms with Crippen LogP contribution in [0, 0.1) is 17.8 Å². The zero-order valence-corrected chi connectivity index (χ0v) is 21.9. The minimum Gasteiger partial charge on any atom is -0.481 e. The Balaban J connectivity index is 1.59. The topological polar surface area (TPSA) is 129 Å². The van der Waals surface area contributed by atoms with Crippen molar-refractivity contribution in [3.63, 3.8) is 0 Å². The van der Waals surface area contributed by atoms with Gasteiger partial charge in [0.05, 0.1) is 38.7 Å². The molecule has 2 fully saturated rings. The van der Waals surface area contributed by atoms with Crippen LogP contribution in [-0.2, 0) is 19.1 Å². The van der Waals surface area contributed by atoms with Crippen LogP contribution in [0.5, 0.6) is 17.8 Å². The zero-order chi connectivity index (χ0) is 26.6. The number of ether oxygens (including phenoxy) is 4. The van der Waals surface area contributed by atoms with Gasteiger partial charge in [-0.1, -0.05) is 12.2 Å². The van der Waals surface area contributed by atoms with Crippen molar-refractivity contribution in [3.8, 4) is 17.8 Å². The molecule has 2 amide bonds. The summed E-state index contributed by atoms with van der Waals surface area (Å²) in [5.41, 5.74) is -1.08. The number of nitrogens with one attached hydrogen (secondary N) is 1. The van der Waals surface area contributed by atoms with Gasteiger partial charge in [-0.2, -0.15) is 9.97 Å². The fraction of sp³-hybridized carbons (Fsp3) is 0.654. The van der Waals surface area contributed by atoms with E-state index >= 15 is 0 Å². The molecule has 1 aromatic rings. The average molecular weight is 517 g/mol. The summed E-state index contributed by atoms with van der Waals surface area (Å²) in [7, 11) is 4.68. The monoisotopic (exact) mass is 516 g/mol. The molecule has 11 heteroatoms. The predicted octanol–water partition coefficient (Wildman–Crippen LogP) is 1.90. The van der Waals surface area contributed by atoms with E-state index in [1.165, 1.54) is 20.3 Å². The van der Waals surface area contributed by atoms with Crippen LogP contribution in [-0.4, -0.2) is 78.7 Å². The predicted molar refractivity (Wildman–Crippen MR) is 132 cm³/mol. The summed E-state index contributed by atoms with van der Waals surface area (Å²) in [6, 6.07) is 1.62. The van der Waals surface area contributed by atoms with Gasteiger partial charge in [-0.25, -0.2) is 4.79 Å². The molecular weight excluding hydrogens is 480 g/mol. The summed E-state index contributed by atoms with van der Waals surface area (Å²) in [5.74, 6) is -1.74. The molecule has 5 atom stereocenters. The number of methoxy groups -OCH3 is 2. The normalized spacial score (nSPS) is 30.8. The minimum atomic E-state index is -1.08. The van der Waals surface area contributed by atoms with Gasteiger partial charge in [-0.3, -0.25) is 9.59 Å². The van der Waals surface area contributed by atoms with Crippen molar-refractivity contribution in [1.29, 1.82) is 0 Å². The number of allylic oxidation sites excluding steroid dienone is 1. The third kappa shape index (κ3) is 5.80. The molecule has 1 aromatic heterocycles. The Morgan fingerprint density at radius 3 is 2.62 bits per heavy atom. The lowest BCUT2D eigenvalue weighted by Gasteiger charge is -2.26. The maximum atomic E-state index is 13.6. The van der Waals surface area contributed by atoms with Gasteiger partial charge in [0.25, 0.3) is 0 Å². The lowest BCUT2D eigenvalue weighted by atomic mass is 9.93. The van der Waals surface area contributed by atoms with E-state index in [-0.39, 0.29) is 42.1 Å². The Morgan fingerprint density at radius 1 is 1.14 bits per heavy atom. The molecule has 202 valence electrons. The number of hydrogen-bond donors (Lipinski definition) is 1. The van der Waals surface area contributed by atoms with Crippen LogP contribution in [0.15, 0.2) is 18.2 Å². The first kappa shape index (κ1) is 26.7. The van der Waals surface area contributed by atoms with Gasteiger partial charge in [0.2, 0.25) is 23.6 Å². The summed E-state index contributed by atoms with van der Waals surface area (Å²) in [6.45, 7) is 2.58. The second-order valence-electron chi connectivity index (χ2n) is 9.83. The molecule has 0 unspecified atom stereocenters. The van der Waals surface area contributed by atoms with Crippen LogP contribution in [0.3, 0.4) is 0 Å². The van der Waals surface area contributed by atoms with E-state index in [0.29, 0.717) is 25.8 Å². The number of rotatable bonds is 6. The number of fused-ring (bicyclic) bond motifs is 2. The summed E-state index contributed by atoms with van der Waals surface area (Å²) >= 11 is 0. The molecule has 0 saturated heterocycles. The Kier molecular flexibility index (Phi) is 8.19. The van der Waals surface area contributed by atoms with Gasteiger partial charge in [-0.15, -0.1) is 0 Å². The molecule has 2 heterocycles. The Hall–Kier alpha value is -3.37. The van der Waals surface area contributed by atoms with Crippen molar-refractivity contribution in [1.82, 2.24) is 20.2 Å². The van der Waals surface area contributed by atoms with Gasteiger partial charge in [0.15, 0.2) is 0 Å². The molecule has 0 aromatic carbocycles. The van der Waals surface area contributed by atoms with Crippen LogP contribution in [0.25, 0.3) is 0 Å². The fourth-order valence-electron chi connectivity index (χ4n) is 5.25. The Morgan fingerprint density at radius 2 is 1.89 bits per heavy atom. The van der Waals surface area contributed by atoms with E-state index < -0.39 is 29.4 Å². The van der Waals surface area contributed by atoms with Gasteiger partial charge < -0.3 is 29.2 Å². The number of amides is 2. The number of hydrogen-bond acceptors (Lipinski definition) is 9. The largest absolute Gasteiger partial charge is 0.481 e. The zero-order valence-electron chi connectivity index (χ0n) is 21.9. The van der Waals surface area contributed by atoms with Crippen molar-refractivity contribution in [2.75, 3.05) is 34.4 Å². The second-order valence-corrected chi connectivity index (χ2v) is 9.83.